The molecule has 0 aromatic heterocycles. The molecule has 2 aromatic carbocycles. The standard InChI is InChI=1S/C13H7I3O/c14-10-7-6-9(11(15)12(10)16)13(17)8-4-2-1-3-5-8/h1-7H. The van der Waals surface area contributed by atoms with Crippen LogP contribution < -0.4 is 0 Å². The molecule has 86 valence electrons. The molecule has 0 bridgehead atoms. The summed E-state index contributed by atoms with van der Waals surface area (Å²) < 4.78 is 3.35. The first-order valence-electron chi connectivity index (χ1n) is 4.84. The molecule has 0 heterocycles. The molecule has 0 unspecified atom stereocenters. The van der Waals surface area contributed by atoms with E-state index in [2.05, 4.69) is 67.8 Å². The van der Waals surface area contributed by atoms with E-state index in [1.54, 1.807) is 0 Å². The summed E-state index contributed by atoms with van der Waals surface area (Å²) in [5.41, 5.74) is 1.52. The first kappa shape index (κ1) is 13.7. The van der Waals surface area contributed by atoms with E-state index in [1.165, 1.54) is 3.57 Å². The normalized spacial score (nSPS) is 10.3. The van der Waals surface area contributed by atoms with Gasteiger partial charge in [-0.3, -0.25) is 4.79 Å². The maximum absolute atomic E-state index is 12.3. The van der Waals surface area contributed by atoms with Crippen LogP contribution in [0.25, 0.3) is 0 Å². The predicted molar refractivity (Wildman–Crippen MR) is 94.5 cm³/mol. The Morgan fingerprint density at radius 3 is 2.12 bits per heavy atom. The first-order chi connectivity index (χ1) is 8.11. The fraction of sp³-hybridized carbons (Fsp3) is 0. The van der Waals surface area contributed by atoms with Gasteiger partial charge in [-0.15, -0.1) is 0 Å². The van der Waals surface area contributed by atoms with E-state index in [9.17, 15) is 4.79 Å². The van der Waals surface area contributed by atoms with Crippen molar-refractivity contribution in [2.24, 2.45) is 0 Å². The second kappa shape index (κ2) is 5.96. The lowest BCUT2D eigenvalue weighted by Crippen LogP contribution is -2.05. The van der Waals surface area contributed by atoms with E-state index < -0.39 is 0 Å². The minimum Gasteiger partial charge on any atom is -0.289 e. The van der Waals surface area contributed by atoms with Gasteiger partial charge in [-0.2, -0.15) is 0 Å². The number of hydrogen-bond donors (Lipinski definition) is 0. The van der Waals surface area contributed by atoms with Crippen molar-refractivity contribution in [2.75, 3.05) is 0 Å². The van der Waals surface area contributed by atoms with Gasteiger partial charge in [-0.25, -0.2) is 0 Å². The third-order valence-electron chi connectivity index (χ3n) is 2.32. The Morgan fingerprint density at radius 2 is 1.47 bits per heavy atom. The molecule has 2 rings (SSSR count). The Labute approximate surface area is 141 Å². The van der Waals surface area contributed by atoms with Gasteiger partial charge in [0.05, 0.1) is 0 Å². The molecule has 0 amide bonds. The second-order valence-corrected chi connectivity index (χ2v) is 6.74. The number of benzene rings is 2. The summed E-state index contributed by atoms with van der Waals surface area (Å²) in [6.07, 6.45) is 0. The van der Waals surface area contributed by atoms with Crippen LogP contribution in [0.2, 0.25) is 0 Å². The summed E-state index contributed by atoms with van der Waals surface area (Å²) in [6.45, 7) is 0. The highest BCUT2D eigenvalue weighted by molar-refractivity contribution is 14.1. The largest absolute Gasteiger partial charge is 0.289 e. The summed E-state index contributed by atoms with van der Waals surface area (Å²) in [7, 11) is 0. The van der Waals surface area contributed by atoms with Gasteiger partial charge < -0.3 is 0 Å². The molecule has 4 heteroatoms. The van der Waals surface area contributed by atoms with Crippen molar-refractivity contribution in [3.63, 3.8) is 0 Å². The van der Waals surface area contributed by atoms with Crippen molar-refractivity contribution in [1.82, 2.24) is 0 Å². The van der Waals surface area contributed by atoms with Gasteiger partial charge in [-0.1, -0.05) is 30.3 Å². The highest BCUT2D eigenvalue weighted by Crippen LogP contribution is 2.26. The molecular formula is C13H7I3O. The molecule has 0 fully saturated rings. The summed E-state index contributed by atoms with van der Waals surface area (Å²) in [5.74, 6) is 0.0873. The molecule has 0 radical (unpaired) electrons. The summed E-state index contributed by atoms with van der Waals surface area (Å²) >= 11 is 6.80. The number of halogens is 3. The fourth-order valence-corrected chi connectivity index (χ4v) is 3.60. The molecule has 0 saturated heterocycles. The summed E-state index contributed by atoms with van der Waals surface area (Å²) in [6, 6.07) is 13.3. The molecule has 0 spiro atoms. The van der Waals surface area contributed by atoms with Crippen LogP contribution in [0.4, 0.5) is 0 Å². The lowest BCUT2D eigenvalue weighted by molar-refractivity contribution is 0.103. The van der Waals surface area contributed by atoms with Crippen molar-refractivity contribution >= 4 is 73.6 Å². The first-order valence-corrected chi connectivity index (χ1v) is 8.08. The number of carbonyl (C=O) groups excluding carboxylic acids is 1. The van der Waals surface area contributed by atoms with Crippen LogP contribution in [0.15, 0.2) is 42.5 Å². The molecule has 0 aliphatic rings. The molecular weight excluding hydrogens is 553 g/mol. The fourth-order valence-electron chi connectivity index (χ4n) is 1.45. The Morgan fingerprint density at radius 1 is 0.824 bits per heavy atom. The van der Waals surface area contributed by atoms with E-state index in [0.29, 0.717) is 0 Å². The lowest BCUT2D eigenvalue weighted by atomic mass is 10.0. The van der Waals surface area contributed by atoms with E-state index in [4.69, 9.17) is 0 Å². The van der Waals surface area contributed by atoms with Gasteiger partial charge in [0.15, 0.2) is 5.78 Å². The summed E-state index contributed by atoms with van der Waals surface area (Å²) in [4.78, 5) is 12.3. The van der Waals surface area contributed by atoms with Gasteiger partial charge in [0.2, 0.25) is 0 Å². The van der Waals surface area contributed by atoms with Gasteiger partial charge in [0.1, 0.15) is 0 Å². The Hall–Kier alpha value is 0.300. The van der Waals surface area contributed by atoms with E-state index >= 15 is 0 Å². The maximum atomic E-state index is 12.3. The maximum Gasteiger partial charge on any atom is 0.194 e. The van der Waals surface area contributed by atoms with E-state index in [1.807, 2.05) is 42.5 Å². The average Bonchev–Trinajstić information content (AvgIpc) is 2.36. The van der Waals surface area contributed by atoms with Crippen LogP contribution >= 0.6 is 67.8 Å². The highest BCUT2D eigenvalue weighted by Gasteiger charge is 2.15. The second-order valence-electron chi connectivity index (χ2n) is 3.42. The lowest BCUT2D eigenvalue weighted by Gasteiger charge is -2.07. The zero-order valence-corrected chi connectivity index (χ0v) is 15.1. The molecule has 0 aliphatic carbocycles. The van der Waals surface area contributed by atoms with Crippen molar-refractivity contribution in [2.45, 2.75) is 0 Å². The van der Waals surface area contributed by atoms with Crippen LogP contribution in [0.5, 0.6) is 0 Å². The molecule has 1 nitrogen and oxygen atoms in total. The molecule has 0 saturated carbocycles. The van der Waals surface area contributed by atoms with Gasteiger partial charge >= 0.3 is 0 Å². The molecule has 2 aromatic rings. The van der Waals surface area contributed by atoms with Crippen LogP contribution in [-0.2, 0) is 0 Å². The zero-order valence-electron chi connectivity index (χ0n) is 8.58. The van der Waals surface area contributed by atoms with Crippen LogP contribution in [0.1, 0.15) is 15.9 Å². The Balaban J connectivity index is 2.49. The zero-order chi connectivity index (χ0) is 12.4. The van der Waals surface area contributed by atoms with Crippen LogP contribution in [0.3, 0.4) is 0 Å². The average molecular weight is 560 g/mol. The SMILES string of the molecule is O=C(c1ccccc1)c1ccc(I)c(I)c1I. The topological polar surface area (TPSA) is 17.1 Å². The van der Waals surface area contributed by atoms with Crippen molar-refractivity contribution < 1.29 is 4.79 Å². The Kier molecular flexibility index (Phi) is 4.81. The third kappa shape index (κ3) is 3.01. The third-order valence-corrected chi connectivity index (χ3v) is 7.52. The predicted octanol–water partition coefficient (Wildman–Crippen LogP) is 4.73. The number of ketones is 1. The van der Waals surface area contributed by atoms with Crippen molar-refractivity contribution in [1.29, 1.82) is 0 Å². The Bertz CT molecular complexity index is 564. The molecule has 0 N–H and O–H groups in total. The van der Waals surface area contributed by atoms with Crippen molar-refractivity contribution in [3.8, 4) is 0 Å². The molecule has 0 atom stereocenters. The number of hydrogen-bond acceptors (Lipinski definition) is 1. The summed E-state index contributed by atoms with van der Waals surface area (Å²) in [5, 5.41) is 0. The van der Waals surface area contributed by atoms with Gasteiger partial charge in [0.25, 0.3) is 0 Å². The number of carbonyl (C=O) groups is 1. The molecule has 0 aliphatic heterocycles. The van der Waals surface area contributed by atoms with Gasteiger partial charge in [0, 0.05) is 21.8 Å². The molecule has 17 heavy (non-hydrogen) atoms. The van der Waals surface area contributed by atoms with Gasteiger partial charge in [-0.05, 0) is 79.9 Å². The monoisotopic (exact) mass is 560 g/mol. The van der Waals surface area contributed by atoms with Crippen LogP contribution in [0, 0.1) is 10.7 Å². The van der Waals surface area contributed by atoms with E-state index in [-0.39, 0.29) is 5.78 Å². The minimum atomic E-state index is 0.0873. The van der Waals surface area contributed by atoms with Crippen LogP contribution in [-0.4, -0.2) is 5.78 Å². The van der Waals surface area contributed by atoms with Crippen molar-refractivity contribution in [3.05, 3.63) is 64.3 Å². The quantitative estimate of drug-likeness (QED) is 0.295. The minimum absolute atomic E-state index is 0.0873. The highest BCUT2D eigenvalue weighted by atomic mass is 127. The number of rotatable bonds is 2. The smallest absolute Gasteiger partial charge is 0.194 e. The van der Waals surface area contributed by atoms with E-state index in [0.717, 1.165) is 18.3 Å².